The van der Waals surface area contributed by atoms with E-state index in [4.69, 9.17) is 16.7 Å². The van der Waals surface area contributed by atoms with E-state index in [1.807, 2.05) is 18.2 Å². The SMILES string of the molecule is Cc1c(CNCCO)c2ccccc2n1Cc1ccccc1Cl.Cl. The van der Waals surface area contributed by atoms with Crippen LogP contribution in [0.1, 0.15) is 16.8 Å². The quantitative estimate of drug-likeness (QED) is 0.644. The third-order valence-corrected chi connectivity index (χ3v) is 4.61. The number of halogens is 2. The maximum absolute atomic E-state index is 8.98. The molecular formula is C19H22Cl2N2O. The van der Waals surface area contributed by atoms with Gasteiger partial charge in [-0.1, -0.05) is 48.0 Å². The minimum absolute atomic E-state index is 0. The average molecular weight is 365 g/mol. The molecule has 0 fully saturated rings. The minimum atomic E-state index is 0. The summed E-state index contributed by atoms with van der Waals surface area (Å²) in [5, 5.41) is 14.3. The fourth-order valence-corrected chi connectivity index (χ4v) is 3.21. The Morgan fingerprint density at radius 3 is 2.54 bits per heavy atom. The number of para-hydroxylation sites is 1. The van der Waals surface area contributed by atoms with E-state index in [9.17, 15) is 0 Å². The molecule has 0 aliphatic carbocycles. The number of rotatable bonds is 6. The first kappa shape index (κ1) is 18.8. The molecule has 3 rings (SSSR count). The van der Waals surface area contributed by atoms with Gasteiger partial charge in [0.05, 0.1) is 6.61 Å². The Hall–Kier alpha value is -1.52. The average Bonchev–Trinajstić information content (AvgIpc) is 2.83. The first-order chi connectivity index (χ1) is 11.2. The number of benzene rings is 2. The molecule has 2 N–H and O–H groups in total. The largest absolute Gasteiger partial charge is 0.395 e. The standard InChI is InChI=1S/C19H21ClN2O.ClH/c1-14-17(12-21-10-11-23)16-7-3-5-9-19(16)22(14)13-15-6-2-4-8-18(15)20;/h2-9,21,23H,10-13H2,1H3;1H. The van der Waals surface area contributed by atoms with Crippen molar-refractivity contribution in [2.24, 2.45) is 0 Å². The molecule has 0 saturated carbocycles. The van der Waals surface area contributed by atoms with Crippen LogP contribution in [-0.4, -0.2) is 22.8 Å². The second-order valence-electron chi connectivity index (χ2n) is 5.66. The minimum Gasteiger partial charge on any atom is -0.395 e. The van der Waals surface area contributed by atoms with Gasteiger partial charge in [-0.25, -0.2) is 0 Å². The lowest BCUT2D eigenvalue weighted by Gasteiger charge is -2.11. The highest BCUT2D eigenvalue weighted by Crippen LogP contribution is 2.28. The zero-order valence-electron chi connectivity index (χ0n) is 13.6. The van der Waals surface area contributed by atoms with Crippen molar-refractivity contribution in [2.45, 2.75) is 20.0 Å². The molecule has 0 amide bonds. The predicted octanol–water partition coefficient (Wildman–Crippen LogP) is 4.16. The molecule has 128 valence electrons. The summed E-state index contributed by atoms with van der Waals surface area (Å²) in [5.74, 6) is 0. The van der Waals surface area contributed by atoms with E-state index in [2.05, 4.69) is 47.1 Å². The van der Waals surface area contributed by atoms with Crippen LogP contribution in [-0.2, 0) is 13.1 Å². The molecule has 0 saturated heterocycles. The summed E-state index contributed by atoms with van der Waals surface area (Å²) in [6, 6.07) is 16.4. The van der Waals surface area contributed by atoms with Crippen LogP contribution >= 0.6 is 24.0 Å². The Labute approximate surface area is 153 Å². The van der Waals surface area contributed by atoms with Crippen molar-refractivity contribution in [2.75, 3.05) is 13.2 Å². The molecule has 1 aromatic heterocycles. The summed E-state index contributed by atoms with van der Waals surface area (Å²) in [5.41, 5.74) is 4.84. The third kappa shape index (κ3) is 3.76. The molecular weight excluding hydrogens is 343 g/mol. The zero-order valence-corrected chi connectivity index (χ0v) is 15.2. The van der Waals surface area contributed by atoms with Crippen LogP contribution in [0, 0.1) is 6.92 Å². The maximum Gasteiger partial charge on any atom is 0.0556 e. The molecule has 0 radical (unpaired) electrons. The Kier molecular flexibility index (Phi) is 6.69. The fraction of sp³-hybridized carbons (Fsp3) is 0.263. The Balaban J connectivity index is 0.00000208. The molecule has 0 unspecified atom stereocenters. The van der Waals surface area contributed by atoms with Gasteiger partial charge in [0.1, 0.15) is 0 Å². The summed E-state index contributed by atoms with van der Waals surface area (Å²) >= 11 is 6.33. The lowest BCUT2D eigenvalue weighted by Crippen LogP contribution is -2.18. The summed E-state index contributed by atoms with van der Waals surface area (Å²) in [6.45, 7) is 4.40. The molecule has 0 atom stereocenters. The summed E-state index contributed by atoms with van der Waals surface area (Å²) in [6.07, 6.45) is 0. The first-order valence-electron chi connectivity index (χ1n) is 7.84. The topological polar surface area (TPSA) is 37.2 Å². The van der Waals surface area contributed by atoms with Gasteiger partial charge >= 0.3 is 0 Å². The van der Waals surface area contributed by atoms with E-state index >= 15 is 0 Å². The van der Waals surface area contributed by atoms with Crippen molar-refractivity contribution < 1.29 is 5.11 Å². The Morgan fingerprint density at radius 2 is 1.79 bits per heavy atom. The zero-order chi connectivity index (χ0) is 16.2. The van der Waals surface area contributed by atoms with Crippen LogP contribution in [0.15, 0.2) is 48.5 Å². The lowest BCUT2D eigenvalue weighted by atomic mass is 10.1. The molecule has 1 heterocycles. The van der Waals surface area contributed by atoms with Crippen LogP contribution in [0.3, 0.4) is 0 Å². The van der Waals surface area contributed by atoms with Crippen LogP contribution in [0.4, 0.5) is 0 Å². The molecule has 3 aromatic rings. The van der Waals surface area contributed by atoms with Crippen molar-refractivity contribution in [3.05, 3.63) is 70.4 Å². The number of nitrogens with zero attached hydrogens (tertiary/aromatic N) is 1. The van der Waals surface area contributed by atoms with Crippen molar-refractivity contribution in [1.29, 1.82) is 0 Å². The van der Waals surface area contributed by atoms with Crippen molar-refractivity contribution >= 4 is 34.9 Å². The lowest BCUT2D eigenvalue weighted by molar-refractivity contribution is 0.292. The number of fused-ring (bicyclic) bond motifs is 1. The van der Waals surface area contributed by atoms with Gasteiger partial charge in [0.25, 0.3) is 0 Å². The first-order valence-corrected chi connectivity index (χ1v) is 8.22. The van der Waals surface area contributed by atoms with Gasteiger partial charge in [0, 0.05) is 41.3 Å². The molecule has 2 aromatic carbocycles. The smallest absolute Gasteiger partial charge is 0.0556 e. The van der Waals surface area contributed by atoms with E-state index in [1.165, 1.54) is 22.2 Å². The highest BCUT2D eigenvalue weighted by Gasteiger charge is 2.14. The molecule has 3 nitrogen and oxygen atoms in total. The predicted molar refractivity (Wildman–Crippen MR) is 103 cm³/mol. The number of hydrogen-bond donors (Lipinski definition) is 2. The molecule has 0 spiro atoms. The van der Waals surface area contributed by atoms with Crippen LogP contribution in [0.2, 0.25) is 5.02 Å². The number of hydrogen-bond acceptors (Lipinski definition) is 2. The number of aliphatic hydroxyl groups excluding tert-OH is 1. The van der Waals surface area contributed by atoms with E-state index in [-0.39, 0.29) is 19.0 Å². The number of aromatic nitrogens is 1. The van der Waals surface area contributed by atoms with Crippen LogP contribution in [0.5, 0.6) is 0 Å². The fourth-order valence-electron chi connectivity index (χ4n) is 3.02. The van der Waals surface area contributed by atoms with Crippen molar-refractivity contribution in [1.82, 2.24) is 9.88 Å². The Bertz CT molecular complexity index is 814. The molecule has 0 bridgehead atoms. The van der Waals surface area contributed by atoms with Crippen LogP contribution < -0.4 is 5.32 Å². The number of nitrogens with one attached hydrogen (secondary N) is 1. The molecule has 24 heavy (non-hydrogen) atoms. The second kappa shape index (κ2) is 8.54. The van der Waals surface area contributed by atoms with E-state index < -0.39 is 0 Å². The van der Waals surface area contributed by atoms with Gasteiger partial charge in [-0.3, -0.25) is 0 Å². The molecule has 0 aliphatic rings. The van der Waals surface area contributed by atoms with Gasteiger partial charge in [-0.15, -0.1) is 12.4 Å². The monoisotopic (exact) mass is 364 g/mol. The van der Waals surface area contributed by atoms with E-state index in [0.29, 0.717) is 6.54 Å². The normalized spacial score (nSPS) is 10.8. The number of aliphatic hydroxyl groups is 1. The summed E-state index contributed by atoms with van der Waals surface area (Å²) < 4.78 is 2.31. The van der Waals surface area contributed by atoms with Crippen molar-refractivity contribution in [3.8, 4) is 0 Å². The third-order valence-electron chi connectivity index (χ3n) is 4.24. The van der Waals surface area contributed by atoms with E-state index in [0.717, 1.165) is 23.7 Å². The highest BCUT2D eigenvalue weighted by atomic mass is 35.5. The van der Waals surface area contributed by atoms with Crippen molar-refractivity contribution in [3.63, 3.8) is 0 Å². The Morgan fingerprint density at radius 1 is 1.08 bits per heavy atom. The van der Waals surface area contributed by atoms with Gasteiger partial charge in [0.15, 0.2) is 0 Å². The summed E-state index contributed by atoms with van der Waals surface area (Å²) in [7, 11) is 0. The van der Waals surface area contributed by atoms with Crippen LogP contribution in [0.25, 0.3) is 10.9 Å². The van der Waals surface area contributed by atoms with Gasteiger partial charge < -0.3 is 15.0 Å². The van der Waals surface area contributed by atoms with Gasteiger partial charge in [0.2, 0.25) is 0 Å². The molecule has 5 heteroatoms. The van der Waals surface area contributed by atoms with Gasteiger partial charge in [-0.2, -0.15) is 0 Å². The van der Waals surface area contributed by atoms with Gasteiger partial charge in [-0.05, 0) is 30.2 Å². The second-order valence-corrected chi connectivity index (χ2v) is 6.07. The van der Waals surface area contributed by atoms with E-state index in [1.54, 1.807) is 0 Å². The molecule has 0 aliphatic heterocycles. The maximum atomic E-state index is 8.98. The highest BCUT2D eigenvalue weighted by molar-refractivity contribution is 6.31. The summed E-state index contributed by atoms with van der Waals surface area (Å²) in [4.78, 5) is 0.